The number of hydrogen-bond donors (Lipinski definition) is 1. The van der Waals surface area contributed by atoms with E-state index in [1.165, 1.54) is 0 Å². The molecular weight excluding hydrogens is 268 g/mol. The highest BCUT2D eigenvalue weighted by molar-refractivity contribution is 5.82. The van der Waals surface area contributed by atoms with Crippen LogP contribution in [-0.4, -0.2) is 49.7 Å². The zero-order valence-corrected chi connectivity index (χ0v) is 12.5. The van der Waals surface area contributed by atoms with Gasteiger partial charge in [-0.2, -0.15) is 0 Å². The summed E-state index contributed by atoms with van der Waals surface area (Å²) in [5, 5.41) is 3.28. The lowest BCUT2D eigenvalue weighted by Gasteiger charge is -2.31. The third-order valence-corrected chi connectivity index (χ3v) is 4.22. The van der Waals surface area contributed by atoms with E-state index in [1.54, 1.807) is 4.90 Å². The second kappa shape index (κ2) is 5.93. The summed E-state index contributed by atoms with van der Waals surface area (Å²) in [5.41, 5.74) is 0. The molecule has 3 atom stereocenters. The summed E-state index contributed by atoms with van der Waals surface area (Å²) in [7, 11) is 1.83. The standard InChI is InChI=1S/C16H22N2O3/c1-11-7-8-17-15(11)16(19)18(2)9-12-10-20-13-5-3-4-6-14(13)21-12/h3-6,11-12,15,17H,7-10H2,1-2H3. The van der Waals surface area contributed by atoms with Crippen LogP contribution in [0.3, 0.4) is 0 Å². The van der Waals surface area contributed by atoms with Crippen LogP contribution in [0.5, 0.6) is 11.5 Å². The molecule has 0 saturated carbocycles. The Bertz CT molecular complexity index is 520. The molecule has 1 saturated heterocycles. The van der Waals surface area contributed by atoms with Crippen molar-refractivity contribution in [2.45, 2.75) is 25.5 Å². The molecule has 21 heavy (non-hydrogen) atoms. The first-order valence-electron chi connectivity index (χ1n) is 7.52. The van der Waals surface area contributed by atoms with Crippen molar-refractivity contribution >= 4 is 5.91 Å². The number of carbonyl (C=O) groups is 1. The van der Waals surface area contributed by atoms with Gasteiger partial charge in [-0.15, -0.1) is 0 Å². The molecule has 1 aromatic rings. The number of hydrogen-bond acceptors (Lipinski definition) is 4. The maximum atomic E-state index is 12.4. The first-order chi connectivity index (χ1) is 10.1. The molecule has 3 unspecified atom stereocenters. The molecule has 0 aromatic heterocycles. The summed E-state index contributed by atoms with van der Waals surface area (Å²) in [6.07, 6.45) is 0.936. The molecule has 2 aliphatic rings. The van der Waals surface area contributed by atoms with Gasteiger partial charge in [-0.3, -0.25) is 4.79 Å². The molecular formula is C16H22N2O3. The molecule has 0 radical (unpaired) electrons. The van der Waals surface area contributed by atoms with E-state index in [0.717, 1.165) is 24.5 Å². The Hall–Kier alpha value is -1.75. The van der Waals surface area contributed by atoms with E-state index in [2.05, 4.69) is 12.2 Å². The fraction of sp³-hybridized carbons (Fsp3) is 0.562. The largest absolute Gasteiger partial charge is 0.486 e. The lowest BCUT2D eigenvalue weighted by Crippen LogP contribution is -2.48. The van der Waals surface area contributed by atoms with E-state index in [-0.39, 0.29) is 18.1 Å². The molecule has 0 spiro atoms. The highest BCUT2D eigenvalue weighted by Crippen LogP contribution is 2.31. The summed E-state index contributed by atoms with van der Waals surface area (Å²) in [6.45, 7) is 4.05. The van der Waals surface area contributed by atoms with Gasteiger partial charge in [0.2, 0.25) is 5.91 Å². The van der Waals surface area contributed by atoms with Crippen molar-refractivity contribution < 1.29 is 14.3 Å². The Labute approximate surface area is 125 Å². The van der Waals surface area contributed by atoms with Crippen LogP contribution in [0.25, 0.3) is 0 Å². The Balaban J connectivity index is 1.58. The monoisotopic (exact) mass is 290 g/mol. The fourth-order valence-corrected chi connectivity index (χ4v) is 2.95. The molecule has 2 heterocycles. The average molecular weight is 290 g/mol. The second-order valence-corrected chi connectivity index (χ2v) is 5.91. The van der Waals surface area contributed by atoms with Gasteiger partial charge >= 0.3 is 0 Å². The number of para-hydroxylation sites is 2. The minimum Gasteiger partial charge on any atom is -0.486 e. The summed E-state index contributed by atoms with van der Waals surface area (Å²) < 4.78 is 11.6. The topological polar surface area (TPSA) is 50.8 Å². The van der Waals surface area contributed by atoms with Crippen LogP contribution in [0.2, 0.25) is 0 Å². The first kappa shape index (κ1) is 14.2. The van der Waals surface area contributed by atoms with Crippen LogP contribution in [0.4, 0.5) is 0 Å². The van der Waals surface area contributed by atoms with Crippen molar-refractivity contribution in [1.82, 2.24) is 10.2 Å². The normalized spacial score (nSPS) is 27.4. The minimum atomic E-state index is -0.120. The van der Waals surface area contributed by atoms with Crippen LogP contribution in [0.15, 0.2) is 24.3 Å². The lowest BCUT2D eigenvalue weighted by molar-refractivity contribution is -0.134. The fourth-order valence-electron chi connectivity index (χ4n) is 2.95. The van der Waals surface area contributed by atoms with Crippen LogP contribution in [0.1, 0.15) is 13.3 Å². The predicted octanol–water partition coefficient (Wildman–Crippen LogP) is 1.28. The zero-order valence-electron chi connectivity index (χ0n) is 12.5. The van der Waals surface area contributed by atoms with E-state index >= 15 is 0 Å². The molecule has 5 nitrogen and oxygen atoms in total. The summed E-state index contributed by atoms with van der Waals surface area (Å²) >= 11 is 0. The van der Waals surface area contributed by atoms with Crippen molar-refractivity contribution in [2.75, 3.05) is 26.7 Å². The van der Waals surface area contributed by atoms with Crippen LogP contribution < -0.4 is 14.8 Å². The molecule has 5 heteroatoms. The molecule has 114 valence electrons. The molecule has 1 aromatic carbocycles. The maximum absolute atomic E-state index is 12.4. The number of nitrogens with zero attached hydrogens (tertiary/aromatic N) is 1. The van der Waals surface area contributed by atoms with E-state index in [4.69, 9.17) is 9.47 Å². The third kappa shape index (κ3) is 2.97. The number of likely N-dealkylation sites (N-methyl/N-ethyl adjacent to an activating group) is 1. The number of rotatable bonds is 3. The number of nitrogens with one attached hydrogen (secondary N) is 1. The van der Waals surface area contributed by atoms with Crippen molar-refractivity contribution in [1.29, 1.82) is 0 Å². The molecule has 1 amide bonds. The predicted molar refractivity (Wildman–Crippen MR) is 79.6 cm³/mol. The molecule has 1 N–H and O–H groups in total. The number of ether oxygens (including phenoxy) is 2. The SMILES string of the molecule is CC1CCNC1C(=O)N(C)CC1COc2ccccc2O1. The van der Waals surface area contributed by atoms with Gasteiger partial charge in [-0.05, 0) is 31.0 Å². The smallest absolute Gasteiger partial charge is 0.239 e. The number of fused-ring (bicyclic) bond motifs is 1. The van der Waals surface area contributed by atoms with Crippen LogP contribution in [-0.2, 0) is 4.79 Å². The molecule has 3 rings (SSSR count). The Morgan fingerprint density at radius 1 is 1.38 bits per heavy atom. The van der Waals surface area contributed by atoms with Gasteiger partial charge in [0.05, 0.1) is 12.6 Å². The lowest BCUT2D eigenvalue weighted by atomic mass is 10.0. The van der Waals surface area contributed by atoms with E-state index in [0.29, 0.717) is 19.1 Å². The summed E-state index contributed by atoms with van der Waals surface area (Å²) in [6, 6.07) is 7.57. The van der Waals surface area contributed by atoms with Gasteiger partial charge in [0.15, 0.2) is 17.6 Å². The summed E-state index contributed by atoms with van der Waals surface area (Å²) in [5.74, 6) is 2.06. The zero-order chi connectivity index (χ0) is 14.8. The minimum absolute atomic E-state index is 0.0632. The molecule has 0 aliphatic carbocycles. The van der Waals surface area contributed by atoms with Crippen LogP contribution >= 0.6 is 0 Å². The van der Waals surface area contributed by atoms with Gasteiger partial charge in [-0.1, -0.05) is 19.1 Å². The summed E-state index contributed by atoms with van der Waals surface area (Å²) in [4.78, 5) is 14.2. The van der Waals surface area contributed by atoms with Crippen molar-refractivity contribution in [3.05, 3.63) is 24.3 Å². The van der Waals surface area contributed by atoms with Gasteiger partial charge in [-0.25, -0.2) is 0 Å². The Morgan fingerprint density at radius 2 is 2.14 bits per heavy atom. The number of carbonyl (C=O) groups excluding carboxylic acids is 1. The Morgan fingerprint density at radius 3 is 2.86 bits per heavy atom. The quantitative estimate of drug-likeness (QED) is 0.911. The Kier molecular flexibility index (Phi) is 4.01. The van der Waals surface area contributed by atoms with E-state index in [1.807, 2.05) is 31.3 Å². The molecule has 1 fully saturated rings. The van der Waals surface area contributed by atoms with Crippen molar-refractivity contribution in [2.24, 2.45) is 5.92 Å². The van der Waals surface area contributed by atoms with E-state index in [9.17, 15) is 4.79 Å². The van der Waals surface area contributed by atoms with E-state index < -0.39 is 0 Å². The molecule has 0 bridgehead atoms. The highest BCUT2D eigenvalue weighted by atomic mass is 16.6. The van der Waals surface area contributed by atoms with Crippen molar-refractivity contribution in [3.63, 3.8) is 0 Å². The van der Waals surface area contributed by atoms with Gasteiger partial charge < -0.3 is 19.7 Å². The third-order valence-electron chi connectivity index (χ3n) is 4.22. The second-order valence-electron chi connectivity index (χ2n) is 5.91. The molecule has 2 aliphatic heterocycles. The van der Waals surface area contributed by atoms with Gasteiger partial charge in [0.25, 0.3) is 0 Å². The highest BCUT2D eigenvalue weighted by Gasteiger charge is 2.33. The number of amides is 1. The maximum Gasteiger partial charge on any atom is 0.239 e. The average Bonchev–Trinajstić information content (AvgIpc) is 2.92. The van der Waals surface area contributed by atoms with Gasteiger partial charge in [0.1, 0.15) is 6.61 Å². The van der Waals surface area contributed by atoms with Gasteiger partial charge in [0, 0.05) is 7.05 Å². The first-order valence-corrected chi connectivity index (χ1v) is 7.52. The van der Waals surface area contributed by atoms with Crippen LogP contribution in [0, 0.1) is 5.92 Å². The van der Waals surface area contributed by atoms with Crippen molar-refractivity contribution in [3.8, 4) is 11.5 Å². The number of benzene rings is 1.